The normalized spacial score (nSPS) is 15.4. The van der Waals surface area contributed by atoms with Crippen LogP contribution in [-0.4, -0.2) is 37.4 Å². The molecule has 1 rings (SSSR count). The van der Waals surface area contributed by atoms with Crippen LogP contribution in [0.1, 0.15) is 6.92 Å². The first-order chi connectivity index (χ1) is 8.18. The Morgan fingerprint density at radius 2 is 2.11 bits per heavy atom. The second-order valence-electron chi connectivity index (χ2n) is 4.06. The maximum atomic E-state index is 11.9. The summed E-state index contributed by atoms with van der Waals surface area (Å²) in [4.78, 5) is 0.0208. The van der Waals surface area contributed by atoms with Crippen molar-refractivity contribution >= 4 is 37.6 Å². The molecule has 18 heavy (non-hydrogen) atoms. The Bertz CT molecular complexity index is 533. The zero-order valence-corrected chi connectivity index (χ0v) is 12.7. The van der Waals surface area contributed by atoms with Crippen LogP contribution in [0.4, 0.5) is 0 Å². The minimum Gasteiger partial charge on any atom is -0.393 e. The van der Waals surface area contributed by atoms with Crippen LogP contribution in [0.3, 0.4) is 0 Å². The molecule has 0 spiro atoms. The lowest BCUT2D eigenvalue weighted by Crippen LogP contribution is -2.43. The van der Waals surface area contributed by atoms with E-state index in [1.807, 2.05) is 0 Å². The molecule has 0 fully saturated rings. The minimum absolute atomic E-state index is 0.0208. The van der Waals surface area contributed by atoms with Crippen LogP contribution in [0.2, 0.25) is 5.02 Å². The van der Waals surface area contributed by atoms with E-state index in [2.05, 4.69) is 20.7 Å². The van der Waals surface area contributed by atoms with Gasteiger partial charge in [-0.25, -0.2) is 13.1 Å². The second kappa shape index (κ2) is 5.85. The van der Waals surface area contributed by atoms with Crippen molar-refractivity contribution < 1.29 is 18.6 Å². The molecule has 0 bridgehead atoms. The lowest BCUT2D eigenvalue weighted by molar-refractivity contribution is 0.00681. The van der Waals surface area contributed by atoms with Gasteiger partial charge in [0, 0.05) is 11.0 Å². The van der Waals surface area contributed by atoms with Gasteiger partial charge in [0.05, 0.1) is 22.1 Å². The third kappa shape index (κ3) is 4.18. The van der Waals surface area contributed by atoms with Gasteiger partial charge in [0.25, 0.3) is 0 Å². The van der Waals surface area contributed by atoms with Crippen molar-refractivity contribution in [2.75, 3.05) is 13.2 Å². The van der Waals surface area contributed by atoms with E-state index in [1.54, 1.807) is 0 Å². The van der Waals surface area contributed by atoms with Crippen LogP contribution < -0.4 is 4.72 Å². The smallest absolute Gasteiger partial charge is 0.240 e. The Morgan fingerprint density at radius 1 is 1.50 bits per heavy atom. The molecule has 1 aromatic carbocycles. The van der Waals surface area contributed by atoms with Crippen molar-refractivity contribution in [3.05, 3.63) is 27.7 Å². The summed E-state index contributed by atoms with van der Waals surface area (Å²) in [6.07, 6.45) is 0. The molecule has 0 amide bonds. The summed E-state index contributed by atoms with van der Waals surface area (Å²) in [7, 11) is -3.75. The Balaban J connectivity index is 2.90. The van der Waals surface area contributed by atoms with Gasteiger partial charge in [-0.2, -0.15) is 0 Å². The van der Waals surface area contributed by atoms with Gasteiger partial charge in [-0.15, -0.1) is 0 Å². The number of aliphatic hydroxyl groups excluding tert-OH is 1. The largest absolute Gasteiger partial charge is 0.393 e. The summed E-state index contributed by atoms with van der Waals surface area (Å²) in [5.74, 6) is 0. The number of hydrogen-bond donors (Lipinski definition) is 3. The quantitative estimate of drug-likeness (QED) is 0.736. The highest BCUT2D eigenvalue weighted by Crippen LogP contribution is 2.25. The summed E-state index contributed by atoms with van der Waals surface area (Å²) >= 11 is 8.90. The highest BCUT2D eigenvalue weighted by molar-refractivity contribution is 9.10. The molecule has 0 aromatic heterocycles. The monoisotopic (exact) mass is 357 g/mol. The summed E-state index contributed by atoms with van der Waals surface area (Å²) < 4.78 is 26.5. The van der Waals surface area contributed by atoms with Gasteiger partial charge < -0.3 is 10.2 Å². The number of nitrogens with one attached hydrogen (secondary N) is 1. The van der Waals surface area contributed by atoms with Crippen molar-refractivity contribution in [3.63, 3.8) is 0 Å². The van der Waals surface area contributed by atoms with E-state index in [4.69, 9.17) is 16.7 Å². The number of rotatable bonds is 5. The van der Waals surface area contributed by atoms with Gasteiger partial charge in [0.15, 0.2) is 0 Å². The summed E-state index contributed by atoms with van der Waals surface area (Å²) in [5.41, 5.74) is -1.50. The Hall–Kier alpha value is -0.180. The molecule has 0 aliphatic rings. The van der Waals surface area contributed by atoms with Gasteiger partial charge >= 0.3 is 0 Å². The highest BCUT2D eigenvalue weighted by Gasteiger charge is 2.23. The molecule has 5 nitrogen and oxygen atoms in total. The molecule has 0 heterocycles. The van der Waals surface area contributed by atoms with Gasteiger partial charge in [-0.05, 0) is 41.1 Å². The summed E-state index contributed by atoms with van der Waals surface area (Å²) in [6, 6.07) is 4.16. The molecule has 0 aliphatic carbocycles. The van der Waals surface area contributed by atoms with Crippen LogP contribution in [0, 0.1) is 0 Å². The van der Waals surface area contributed by atoms with Crippen molar-refractivity contribution in [3.8, 4) is 0 Å². The molecule has 102 valence electrons. The van der Waals surface area contributed by atoms with E-state index in [0.29, 0.717) is 9.50 Å². The molecule has 1 atom stereocenters. The zero-order chi connectivity index (χ0) is 14.0. The molecule has 0 radical (unpaired) electrons. The highest BCUT2D eigenvalue weighted by atomic mass is 79.9. The summed E-state index contributed by atoms with van der Waals surface area (Å²) in [6.45, 7) is 0.499. The number of aliphatic hydroxyl groups is 2. The van der Waals surface area contributed by atoms with Gasteiger partial charge in [-0.1, -0.05) is 11.6 Å². The standard InChI is InChI=1S/C10H13BrClNO4S/c1-10(15,6-14)5-13-18(16,17)7-2-3-9(12)8(11)4-7/h2-4,13-15H,5-6H2,1H3. The third-order valence-electron chi connectivity index (χ3n) is 2.19. The van der Waals surface area contributed by atoms with Gasteiger partial charge in [0.2, 0.25) is 10.0 Å². The second-order valence-corrected chi connectivity index (χ2v) is 7.08. The third-order valence-corrected chi connectivity index (χ3v) is 4.80. The lowest BCUT2D eigenvalue weighted by atomic mass is 10.1. The predicted octanol–water partition coefficient (Wildman–Crippen LogP) is 1.12. The van der Waals surface area contributed by atoms with E-state index < -0.39 is 22.2 Å². The maximum absolute atomic E-state index is 11.9. The van der Waals surface area contributed by atoms with Crippen molar-refractivity contribution in [1.82, 2.24) is 4.72 Å². The molecule has 1 unspecified atom stereocenters. The molecule has 3 N–H and O–H groups in total. The van der Waals surface area contributed by atoms with Crippen LogP contribution in [0.5, 0.6) is 0 Å². The Labute approximate surface area is 119 Å². The molecule has 0 aliphatic heterocycles. The first kappa shape index (κ1) is 15.9. The minimum atomic E-state index is -3.75. The molecule has 0 saturated carbocycles. The van der Waals surface area contributed by atoms with E-state index in [9.17, 15) is 13.5 Å². The number of benzene rings is 1. The van der Waals surface area contributed by atoms with E-state index in [1.165, 1.54) is 25.1 Å². The summed E-state index contributed by atoms with van der Waals surface area (Å²) in [5, 5.41) is 18.8. The average molecular weight is 359 g/mol. The zero-order valence-electron chi connectivity index (χ0n) is 9.52. The number of sulfonamides is 1. The maximum Gasteiger partial charge on any atom is 0.240 e. The molecule has 0 saturated heterocycles. The predicted molar refractivity (Wildman–Crippen MR) is 72.1 cm³/mol. The molecular weight excluding hydrogens is 346 g/mol. The van der Waals surface area contributed by atoms with Crippen molar-refractivity contribution in [2.24, 2.45) is 0 Å². The fourth-order valence-corrected chi connectivity index (χ4v) is 2.87. The number of halogens is 2. The van der Waals surface area contributed by atoms with Crippen LogP contribution in [0.25, 0.3) is 0 Å². The first-order valence-corrected chi connectivity index (χ1v) is 7.61. The molecule has 8 heteroatoms. The Kier molecular flexibility index (Phi) is 5.16. The van der Waals surface area contributed by atoms with Crippen molar-refractivity contribution in [2.45, 2.75) is 17.4 Å². The SMILES string of the molecule is CC(O)(CO)CNS(=O)(=O)c1ccc(Cl)c(Br)c1. The first-order valence-electron chi connectivity index (χ1n) is 4.96. The fraction of sp³-hybridized carbons (Fsp3) is 0.400. The van der Waals surface area contributed by atoms with Crippen molar-refractivity contribution in [1.29, 1.82) is 0 Å². The van der Waals surface area contributed by atoms with E-state index in [0.717, 1.165) is 0 Å². The van der Waals surface area contributed by atoms with Crippen LogP contribution in [0.15, 0.2) is 27.6 Å². The fourth-order valence-electron chi connectivity index (χ4n) is 1.03. The van der Waals surface area contributed by atoms with E-state index >= 15 is 0 Å². The molecular formula is C10H13BrClNO4S. The average Bonchev–Trinajstić information content (AvgIpc) is 2.30. The van der Waals surface area contributed by atoms with Crippen LogP contribution >= 0.6 is 27.5 Å². The number of hydrogen-bond acceptors (Lipinski definition) is 4. The molecule has 1 aromatic rings. The van der Waals surface area contributed by atoms with Gasteiger partial charge in [-0.3, -0.25) is 0 Å². The Morgan fingerprint density at radius 3 is 2.61 bits per heavy atom. The van der Waals surface area contributed by atoms with E-state index in [-0.39, 0.29) is 11.4 Å². The topological polar surface area (TPSA) is 86.6 Å². The van der Waals surface area contributed by atoms with Gasteiger partial charge in [0.1, 0.15) is 0 Å². The van der Waals surface area contributed by atoms with Crippen LogP contribution in [-0.2, 0) is 10.0 Å². The lowest BCUT2D eigenvalue weighted by Gasteiger charge is -2.20.